The fourth-order valence-electron chi connectivity index (χ4n) is 2.17. The topological polar surface area (TPSA) is 74.3 Å². The molecule has 3 amide bonds. The highest BCUT2D eigenvalue weighted by atomic mass is 16.2. The number of hydrogen-bond donors (Lipinski definition) is 2. The van der Waals surface area contributed by atoms with Gasteiger partial charge in [0.15, 0.2) is 0 Å². The van der Waals surface area contributed by atoms with Gasteiger partial charge in [0.25, 0.3) is 0 Å². The largest absolute Gasteiger partial charge is 0.341 e. The highest BCUT2D eigenvalue weighted by molar-refractivity contribution is 5.78. The molecule has 2 aromatic rings. The molecule has 1 aromatic carbocycles. The van der Waals surface area contributed by atoms with Gasteiger partial charge in [-0.3, -0.25) is 9.78 Å². The average molecular weight is 326 g/mol. The van der Waals surface area contributed by atoms with Gasteiger partial charge in [0.1, 0.15) is 0 Å². The van der Waals surface area contributed by atoms with Crippen LogP contribution in [0, 0.1) is 0 Å². The summed E-state index contributed by atoms with van der Waals surface area (Å²) in [7, 11) is 1.76. The summed E-state index contributed by atoms with van der Waals surface area (Å²) in [4.78, 5) is 29.4. The molecule has 0 unspecified atom stereocenters. The highest BCUT2D eigenvalue weighted by Crippen LogP contribution is 2.03. The number of hydrogen-bond acceptors (Lipinski definition) is 3. The molecule has 2 N–H and O–H groups in total. The lowest BCUT2D eigenvalue weighted by Crippen LogP contribution is -2.37. The van der Waals surface area contributed by atoms with Crippen LogP contribution >= 0.6 is 0 Å². The molecule has 0 spiro atoms. The van der Waals surface area contributed by atoms with E-state index in [4.69, 9.17) is 0 Å². The van der Waals surface area contributed by atoms with Crippen molar-refractivity contribution < 1.29 is 9.59 Å². The van der Waals surface area contributed by atoms with Gasteiger partial charge in [-0.2, -0.15) is 0 Å². The molecule has 0 atom stereocenters. The van der Waals surface area contributed by atoms with Crippen LogP contribution in [0.1, 0.15) is 17.5 Å². The molecule has 0 aliphatic rings. The number of urea groups is 1. The lowest BCUT2D eigenvalue weighted by molar-refractivity contribution is -0.130. The second-order valence-electron chi connectivity index (χ2n) is 5.46. The van der Waals surface area contributed by atoms with Crippen LogP contribution in [0.5, 0.6) is 0 Å². The molecule has 0 saturated carbocycles. The summed E-state index contributed by atoms with van der Waals surface area (Å²) >= 11 is 0. The monoisotopic (exact) mass is 326 g/mol. The highest BCUT2D eigenvalue weighted by Gasteiger charge is 2.09. The molecule has 2 rings (SSSR count). The third kappa shape index (κ3) is 6.08. The number of rotatable bonds is 7. The normalized spacial score (nSPS) is 10.0. The van der Waals surface area contributed by atoms with Crippen LogP contribution in [0.25, 0.3) is 0 Å². The van der Waals surface area contributed by atoms with E-state index in [-0.39, 0.29) is 18.4 Å². The standard InChI is InChI=1S/C18H22N4O2/c1-22(14-15-6-3-2-4-7-15)17(23)9-11-20-18(24)21-13-16-8-5-10-19-12-16/h2-8,10,12H,9,11,13-14H2,1H3,(H2,20,21,24). The minimum absolute atomic E-state index is 0.00795. The van der Waals surface area contributed by atoms with E-state index in [1.165, 1.54) is 0 Å². The van der Waals surface area contributed by atoms with Crippen molar-refractivity contribution in [3.05, 3.63) is 66.0 Å². The van der Waals surface area contributed by atoms with Crippen molar-refractivity contribution in [1.29, 1.82) is 0 Å². The summed E-state index contributed by atoms with van der Waals surface area (Å²) < 4.78 is 0. The van der Waals surface area contributed by atoms with E-state index in [9.17, 15) is 9.59 Å². The Kier molecular flexibility index (Phi) is 6.76. The van der Waals surface area contributed by atoms with E-state index in [0.29, 0.717) is 19.6 Å². The van der Waals surface area contributed by atoms with Gasteiger partial charge in [0.05, 0.1) is 0 Å². The van der Waals surface area contributed by atoms with Crippen LogP contribution in [-0.2, 0) is 17.9 Å². The maximum absolute atomic E-state index is 12.1. The molecular formula is C18H22N4O2. The summed E-state index contributed by atoms with van der Waals surface area (Å²) in [6.07, 6.45) is 3.65. The number of nitrogens with one attached hydrogen (secondary N) is 2. The third-order valence-electron chi connectivity index (χ3n) is 3.49. The van der Waals surface area contributed by atoms with E-state index in [2.05, 4.69) is 15.6 Å². The zero-order valence-corrected chi connectivity index (χ0v) is 13.7. The number of carbonyl (C=O) groups is 2. The molecule has 6 nitrogen and oxygen atoms in total. The summed E-state index contributed by atoms with van der Waals surface area (Å²) in [5.74, 6) is -0.00795. The summed E-state index contributed by atoms with van der Waals surface area (Å²) in [5.41, 5.74) is 2.00. The molecule has 0 bridgehead atoms. The van der Waals surface area contributed by atoms with Gasteiger partial charge < -0.3 is 15.5 Å². The molecule has 1 aromatic heterocycles. The van der Waals surface area contributed by atoms with Crippen molar-refractivity contribution in [1.82, 2.24) is 20.5 Å². The second-order valence-corrected chi connectivity index (χ2v) is 5.46. The minimum Gasteiger partial charge on any atom is -0.341 e. The van der Waals surface area contributed by atoms with Crippen LogP contribution in [0.2, 0.25) is 0 Å². The molecule has 0 radical (unpaired) electrons. The Hall–Kier alpha value is -2.89. The van der Waals surface area contributed by atoms with Crippen LogP contribution < -0.4 is 10.6 Å². The molecular weight excluding hydrogens is 304 g/mol. The Labute approximate surface area is 141 Å². The Morgan fingerprint density at radius 2 is 1.79 bits per heavy atom. The van der Waals surface area contributed by atoms with Crippen LogP contribution in [0.3, 0.4) is 0 Å². The van der Waals surface area contributed by atoms with Gasteiger partial charge in [0.2, 0.25) is 5.91 Å². The van der Waals surface area contributed by atoms with Gasteiger partial charge >= 0.3 is 6.03 Å². The van der Waals surface area contributed by atoms with Crippen molar-refractivity contribution >= 4 is 11.9 Å². The van der Waals surface area contributed by atoms with Gasteiger partial charge in [-0.15, -0.1) is 0 Å². The predicted octanol–water partition coefficient (Wildman–Crippen LogP) is 1.93. The van der Waals surface area contributed by atoms with Crippen LogP contribution in [0.15, 0.2) is 54.9 Å². The molecule has 1 heterocycles. The molecule has 0 aliphatic carbocycles. The SMILES string of the molecule is CN(Cc1ccccc1)C(=O)CCNC(=O)NCc1cccnc1. The second kappa shape index (κ2) is 9.29. The van der Waals surface area contributed by atoms with Crippen molar-refractivity contribution in [2.75, 3.05) is 13.6 Å². The zero-order chi connectivity index (χ0) is 17.2. The third-order valence-corrected chi connectivity index (χ3v) is 3.49. The van der Waals surface area contributed by atoms with Crippen molar-refractivity contribution in [2.45, 2.75) is 19.5 Å². The maximum Gasteiger partial charge on any atom is 0.315 e. The van der Waals surface area contributed by atoms with E-state index < -0.39 is 0 Å². The Morgan fingerprint density at radius 3 is 2.50 bits per heavy atom. The number of carbonyl (C=O) groups excluding carboxylic acids is 2. The van der Waals surface area contributed by atoms with Crippen molar-refractivity contribution in [3.8, 4) is 0 Å². The van der Waals surface area contributed by atoms with E-state index in [1.807, 2.05) is 42.5 Å². The number of aromatic nitrogens is 1. The van der Waals surface area contributed by atoms with E-state index in [0.717, 1.165) is 11.1 Å². The molecule has 0 saturated heterocycles. The lowest BCUT2D eigenvalue weighted by Gasteiger charge is -2.17. The van der Waals surface area contributed by atoms with Crippen LogP contribution in [-0.4, -0.2) is 35.4 Å². The maximum atomic E-state index is 12.1. The molecule has 126 valence electrons. The first-order chi connectivity index (χ1) is 11.6. The number of nitrogens with zero attached hydrogens (tertiary/aromatic N) is 2. The fraction of sp³-hybridized carbons (Fsp3) is 0.278. The van der Waals surface area contributed by atoms with Crippen LogP contribution in [0.4, 0.5) is 4.79 Å². The van der Waals surface area contributed by atoms with E-state index >= 15 is 0 Å². The fourth-order valence-corrected chi connectivity index (χ4v) is 2.17. The van der Waals surface area contributed by atoms with Gasteiger partial charge in [-0.1, -0.05) is 36.4 Å². The minimum atomic E-state index is -0.294. The first kappa shape index (κ1) is 17.5. The summed E-state index contributed by atoms with van der Waals surface area (Å²) in [5, 5.41) is 5.41. The molecule has 6 heteroatoms. The lowest BCUT2D eigenvalue weighted by atomic mass is 10.2. The Morgan fingerprint density at radius 1 is 1.04 bits per heavy atom. The average Bonchev–Trinajstić information content (AvgIpc) is 2.61. The predicted molar refractivity (Wildman–Crippen MR) is 92.0 cm³/mol. The number of amides is 3. The summed E-state index contributed by atoms with van der Waals surface area (Å²) in [6, 6.07) is 13.2. The van der Waals surface area contributed by atoms with Gasteiger partial charge in [-0.05, 0) is 17.2 Å². The van der Waals surface area contributed by atoms with Gasteiger partial charge in [-0.25, -0.2) is 4.79 Å². The van der Waals surface area contributed by atoms with Crippen molar-refractivity contribution in [3.63, 3.8) is 0 Å². The Balaban J connectivity index is 1.63. The van der Waals surface area contributed by atoms with Gasteiger partial charge in [0, 0.05) is 45.5 Å². The molecule has 0 fully saturated rings. The first-order valence-corrected chi connectivity index (χ1v) is 7.83. The van der Waals surface area contributed by atoms with E-state index in [1.54, 1.807) is 24.3 Å². The quantitative estimate of drug-likeness (QED) is 0.816. The number of benzene rings is 1. The first-order valence-electron chi connectivity index (χ1n) is 7.83. The molecule has 24 heavy (non-hydrogen) atoms. The smallest absolute Gasteiger partial charge is 0.315 e. The number of pyridine rings is 1. The zero-order valence-electron chi connectivity index (χ0n) is 13.7. The van der Waals surface area contributed by atoms with Crippen molar-refractivity contribution in [2.24, 2.45) is 0 Å². The summed E-state index contributed by atoms with van der Waals surface area (Å²) in [6.45, 7) is 1.27. The Bertz CT molecular complexity index is 647. The molecule has 0 aliphatic heterocycles.